The molecule has 0 saturated carbocycles. The van der Waals surface area contributed by atoms with Crippen molar-refractivity contribution in [1.82, 2.24) is 4.98 Å². The molecule has 3 heteroatoms. The zero-order valence-corrected chi connectivity index (χ0v) is 12.3. The lowest BCUT2D eigenvalue weighted by Gasteiger charge is -2.14. The third kappa shape index (κ3) is 2.72. The van der Waals surface area contributed by atoms with Crippen LogP contribution < -0.4 is 0 Å². The highest BCUT2D eigenvalue weighted by molar-refractivity contribution is 5.90. The van der Waals surface area contributed by atoms with Gasteiger partial charge < -0.3 is 5.11 Å². The van der Waals surface area contributed by atoms with Crippen LogP contribution in [0.4, 0.5) is 0 Å². The Morgan fingerprint density at radius 2 is 1.75 bits per heavy atom. The minimum atomic E-state index is -0.917. The van der Waals surface area contributed by atoms with Crippen LogP contribution in [0, 0.1) is 13.8 Å². The van der Waals surface area contributed by atoms with E-state index in [1.807, 2.05) is 52.0 Å². The molecule has 2 rings (SSSR count). The molecule has 1 aromatic carbocycles. The van der Waals surface area contributed by atoms with E-state index in [1.54, 1.807) is 6.07 Å². The van der Waals surface area contributed by atoms with Gasteiger partial charge in [0.2, 0.25) is 0 Å². The van der Waals surface area contributed by atoms with Gasteiger partial charge in [-0.2, -0.15) is 0 Å². The Bertz CT molecular complexity index is 643. The fraction of sp³-hybridized carbons (Fsp3) is 0.294. The van der Waals surface area contributed by atoms with E-state index < -0.39 is 5.97 Å². The van der Waals surface area contributed by atoms with Crippen LogP contribution in [0.3, 0.4) is 0 Å². The number of carboxylic acid groups (broad SMARTS) is 1. The molecule has 1 aromatic heterocycles. The van der Waals surface area contributed by atoms with Crippen molar-refractivity contribution in [2.45, 2.75) is 33.6 Å². The molecule has 0 radical (unpaired) electrons. The summed E-state index contributed by atoms with van der Waals surface area (Å²) in [4.78, 5) is 15.9. The monoisotopic (exact) mass is 269 g/mol. The van der Waals surface area contributed by atoms with Crippen molar-refractivity contribution in [2.24, 2.45) is 0 Å². The Hall–Kier alpha value is -2.16. The maximum atomic E-state index is 11.3. The lowest BCUT2D eigenvalue weighted by molar-refractivity contribution is 0.0694. The first-order valence-corrected chi connectivity index (χ1v) is 6.72. The molecule has 0 unspecified atom stereocenters. The van der Waals surface area contributed by atoms with E-state index in [-0.39, 0.29) is 5.92 Å². The van der Waals surface area contributed by atoms with E-state index in [0.717, 1.165) is 16.8 Å². The number of carbonyl (C=O) groups is 1. The van der Waals surface area contributed by atoms with Crippen LogP contribution in [0.1, 0.15) is 46.9 Å². The zero-order chi connectivity index (χ0) is 14.9. The van der Waals surface area contributed by atoms with Gasteiger partial charge in [0.25, 0.3) is 0 Å². The third-order valence-electron chi connectivity index (χ3n) is 3.34. The van der Waals surface area contributed by atoms with Crippen LogP contribution in [0.5, 0.6) is 0 Å². The summed E-state index contributed by atoms with van der Waals surface area (Å²) in [6, 6.07) is 9.84. The summed E-state index contributed by atoms with van der Waals surface area (Å²) in [6.45, 7) is 7.86. The number of hydrogen-bond acceptors (Lipinski definition) is 2. The van der Waals surface area contributed by atoms with Crippen molar-refractivity contribution in [2.75, 3.05) is 0 Å². The van der Waals surface area contributed by atoms with Crippen LogP contribution in [0.2, 0.25) is 0 Å². The molecule has 0 aliphatic carbocycles. The van der Waals surface area contributed by atoms with E-state index in [9.17, 15) is 9.90 Å². The van der Waals surface area contributed by atoms with Crippen molar-refractivity contribution < 1.29 is 9.90 Å². The van der Waals surface area contributed by atoms with Crippen LogP contribution in [0.25, 0.3) is 11.3 Å². The Balaban J connectivity index is 2.63. The molecule has 2 aromatic rings. The minimum Gasteiger partial charge on any atom is -0.478 e. The smallest absolute Gasteiger partial charge is 0.337 e. The topological polar surface area (TPSA) is 50.2 Å². The summed E-state index contributed by atoms with van der Waals surface area (Å²) in [5.41, 5.74) is 4.89. The summed E-state index contributed by atoms with van der Waals surface area (Å²) < 4.78 is 0. The maximum Gasteiger partial charge on any atom is 0.337 e. The summed E-state index contributed by atoms with van der Waals surface area (Å²) >= 11 is 0. The second-order valence-electron chi connectivity index (χ2n) is 5.41. The highest BCUT2D eigenvalue weighted by Gasteiger charge is 2.17. The zero-order valence-electron chi connectivity index (χ0n) is 12.3. The van der Waals surface area contributed by atoms with Gasteiger partial charge in [-0.3, -0.25) is 4.98 Å². The van der Waals surface area contributed by atoms with E-state index >= 15 is 0 Å². The summed E-state index contributed by atoms with van der Waals surface area (Å²) in [5.74, 6) is -0.842. The van der Waals surface area contributed by atoms with E-state index in [1.165, 1.54) is 5.56 Å². The van der Waals surface area contributed by atoms with Crippen molar-refractivity contribution in [3.63, 3.8) is 0 Å². The standard InChI is InChI=1S/C17H19NO2/c1-10(2)15-14(17(19)20)9-12(4)16(18-15)13-7-5-11(3)6-8-13/h5-10H,1-4H3,(H,19,20). The van der Waals surface area contributed by atoms with Crippen molar-refractivity contribution in [3.05, 3.63) is 52.7 Å². The highest BCUT2D eigenvalue weighted by Crippen LogP contribution is 2.27. The Morgan fingerprint density at radius 3 is 2.25 bits per heavy atom. The largest absolute Gasteiger partial charge is 0.478 e. The van der Waals surface area contributed by atoms with Crippen molar-refractivity contribution in [3.8, 4) is 11.3 Å². The molecule has 1 heterocycles. The third-order valence-corrected chi connectivity index (χ3v) is 3.34. The molecule has 0 saturated heterocycles. The number of rotatable bonds is 3. The van der Waals surface area contributed by atoms with Crippen LogP contribution in [-0.2, 0) is 0 Å². The average Bonchev–Trinajstić information content (AvgIpc) is 2.39. The molecule has 0 bridgehead atoms. The fourth-order valence-electron chi connectivity index (χ4n) is 2.24. The molecule has 0 fully saturated rings. The van der Waals surface area contributed by atoms with E-state index in [0.29, 0.717) is 11.3 Å². The quantitative estimate of drug-likeness (QED) is 0.909. The number of aryl methyl sites for hydroxylation is 2. The molecule has 0 aliphatic rings. The SMILES string of the molecule is Cc1ccc(-c2nc(C(C)C)c(C(=O)O)cc2C)cc1. The van der Waals surface area contributed by atoms with Gasteiger partial charge in [-0.1, -0.05) is 43.7 Å². The fourth-order valence-corrected chi connectivity index (χ4v) is 2.24. The summed E-state index contributed by atoms with van der Waals surface area (Å²) in [5, 5.41) is 9.30. The number of nitrogens with zero attached hydrogens (tertiary/aromatic N) is 1. The van der Waals surface area contributed by atoms with Gasteiger partial charge in [0, 0.05) is 5.56 Å². The number of hydrogen-bond donors (Lipinski definition) is 1. The lowest BCUT2D eigenvalue weighted by atomic mass is 9.98. The normalized spacial score (nSPS) is 10.8. The molecular weight excluding hydrogens is 250 g/mol. The van der Waals surface area contributed by atoms with Gasteiger partial charge in [0.1, 0.15) is 0 Å². The maximum absolute atomic E-state index is 11.3. The molecule has 0 amide bonds. The first-order chi connectivity index (χ1) is 9.40. The number of benzene rings is 1. The van der Waals surface area contributed by atoms with Crippen LogP contribution >= 0.6 is 0 Å². The van der Waals surface area contributed by atoms with Gasteiger partial charge in [0.05, 0.1) is 17.0 Å². The molecule has 0 spiro atoms. The minimum absolute atomic E-state index is 0.0749. The Labute approximate surface area is 119 Å². The van der Waals surface area contributed by atoms with Gasteiger partial charge >= 0.3 is 5.97 Å². The second-order valence-corrected chi connectivity index (χ2v) is 5.41. The van der Waals surface area contributed by atoms with Crippen molar-refractivity contribution >= 4 is 5.97 Å². The highest BCUT2D eigenvalue weighted by atomic mass is 16.4. The summed E-state index contributed by atoms with van der Waals surface area (Å²) in [7, 11) is 0. The number of pyridine rings is 1. The van der Waals surface area contributed by atoms with Crippen LogP contribution in [0.15, 0.2) is 30.3 Å². The molecule has 3 nitrogen and oxygen atoms in total. The Kier molecular flexibility index (Phi) is 3.89. The Morgan fingerprint density at radius 1 is 1.15 bits per heavy atom. The van der Waals surface area contributed by atoms with E-state index in [2.05, 4.69) is 4.98 Å². The first-order valence-electron chi connectivity index (χ1n) is 6.72. The van der Waals surface area contributed by atoms with Gasteiger partial charge in [-0.05, 0) is 31.4 Å². The molecule has 0 aliphatic heterocycles. The second kappa shape index (κ2) is 5.45. The van der Waals surface area contributed by atoms with Crippen LogP contribution in [-0.4, -0.2) is 16.1 Å². The average molecular weight is 269 g/mol. The van der Waals surface area contributed by atoms with Crippen molar-refractivity contribution in [1.29, 1.82) is 0 Å². The lowest BCUT2D eigenvalue weighted by Crippen LogP contribution is -2.08. The molecule has 20 heavy (non-hydrogen) atoms. The van der Waals surface area contributed by atoms with Gasteiger partial charge in [-0.15, -0.1) is 0 Å². The molecule has 0 atom stereocenters. The van der Waals surface area contributed by atoms with Gasteiger partial charge in [-0.25, -0.2) is 4.79 Å². The van der Waals surface area contributed by atoms with E-state index in [4.69, 9.17) is 0 Å². The predicted molar refractivity (Wildman–Crippen MR) is 80.2 cm³/mol. The molecular formula is C17H19NO2. The number of aromatic nitrogens is 1. The molecule has 104 valence electrons. The predicted octanol–water partition coefficient (Wildman–Crippen LogP) is 4.19. The number of carboxylic acids is 1. The first kappa shape index (κ1) is 14.3. The summed E-state index contributed by atoms with van der Waals surface area (Å²) in [6.07, 6.45) is 0. The molecule has 1 N–H and O–H groups in total. The number of aromatic carboxylic acids is 1. The van der Waals surface area contributed by atoms with Gasteiger partial charge in [0.15, 0.2) is 0 Å².